The lowest BCUT2D eigenvalue weighted by molar-refractivity contribution is 0.153. The van der Waals surface area contributed by atoms with Gasteiger partial charge in [0.1, 0.15) is 0 Å². The van der Waals surface area contributed by atoms with Crippen molar-refractivity contribution in [3.05, 3.63) is 0 Å². The zero-order valence-corrected chi connectivity index (χ0v) is 9.45. The molecule has 3 aliphatic rings. The molecule has 2 unspecified atom stereocenters. The SMILES string of the molecule is CCN1C(N)=NCC12CCN1CCCC12. The molecule has 84 valence electrons. The first-order valence-electron chi connectivity index (χ1n) is 6.09. The fourth-order valence-corrected chi connectivity index (χ4v) is 3.80. The molecule has 2 fully saturated rings. The molecular formula is C11H20N4. The maximum Gasteiger partial charge on any atom is 0.191 e. The lowest BCUT2D eigenvalue weighted by atomic mass is 9.88. The average molecular weight is 208 g/mol. The fourth-order valence-electron chi connectivity index (χ4n) is 3.80. The second-order valence-electron chi connectivity index (χ2n) is 4.97. The molecule has 0 bridgehead atoms. The van der Waals surface area contributed by atoms with Gasteiger partial charge in [-0.25, -0.2) is 0 Å². The van der Waals surface area contributed by atoms with Crippen LogP contribution in [0.25, 0.3) is 0 Å². The van der Waals surface area contributed by atoms with Gasteiger partial charge in [0.25, 0.3) is 0 Å². The number of rotatable bonds is 1. The molecule has 4 heteroatoms. The van der Waals surface area contributed by atoms with E-state index in [1.807, 2.05) is 0 Å². The Kier molecular flexibility index (Phi) is 1.96. The van der Waals surface area contributed by atoms with Gasteiger partial charge in [0.15, 0.2) is 5.96 Å². The van der Waals surface area contributed by atoms with Gasteiger partial charge >= 0.3 is 0 Å². The van der Waals surface area contributed by atoms with Crippen LogP contribution in [0.5, 0.6) is 0 Å². The van der Waals surface area contributed by atoms with Crippen LogP contribution in [0.3, 0.4) is 0 Å². The zero-order valence-electron chi connectivity index (χ0n) is 9.45. The van der Waals surface area contributed by atoms with Crippen LogP contribution in [-0.4, -0.2) is 53.5 Å². The summed E-state index contributed by atoms with van der Waals surface area (Å²) in [5.74, 6) is 0.770. The molecule has 0 aromatic rings. The van der Waals surface area contributed by atoms with E-state index in [1.54, 1.807) is 0 Å². The molecule has 2 saturated heterocycles. The molecule has 3 rings (SSSR count). The predicted octanol–water partition coefficient (Wildman–Crippen LogP) is 0.244. The number of aliphatic imine (C=N–C) groups is 1. The average Bonchev–Trinajstić information content (AvgIpc) is 2.86. The van der Waals surface area contributed by atoms with E-state index < -0.39 is 0 Å². The lowest BCUT2D eigenvalue weighted by Gasteiger charge is -2.39. The Labute approximate surface area is 91.1 Å². The summed E-state index contributed by atoms with van der Waals surface area (Å²) in [6, 6.07) is 0.710. The minimum atomic E-state index is 0.259. The van der Waals surface area contributed by atoms with Crippen LogP contribution < -0.4 is 5.73 Å². The third-order valence-electron chi connectivity index (χ3n) is 4.46. The Morgan fingerprint density at radius 2 is 2.40 bits per heavy atom. The lowest BCUT2D eigenvalue weighted by Crippen LogP contribution is -2.57. The minimum absolute atomic E-state index is 0.259. The molecule has 0 aliphatic carbocycles. The number of nitrogens with zero attached hydrogens (tertiary/aromatic N) is 3. The third kappa shape index (κ3) is 1.08. The highest BCUT2D eigenvalue weighted by molar-refractivity contribution is 5.81. The summed E-state index contributed by atoms with van der Waals surface area (Å²) in [5, 5.41) is 0. The first-order chi connectivity index (χ1) is 7.28. The Morgan fingerprint density at radius 3 is 3.20 bits per heavy atom. The van der Waals surface area contributed by atoms with E-state index in [2.05, 4.69) is 21.7 Å². The van der Waals surface area contributed by atoms with Crippen molar-refractivity contribution in [2.75, 3.05) is 26.2 Å². The Morgan fingerprint density at radius 1 is 1.53 bits per heavy atom. The van der Waals surface area contributed by atoms with Gasteiger partial charge in [-0.1, -0.05) is 0 Å². The predicted molar refractivity (Wildman–Crippen MR) is 60.8 cm³/mol. The van der Waals surface area contributed by atoms with Gasteiger partial charge in [0.05, 0.1) is 12.1 Å². The molecular weight excluding hydrogens is 188 g/mol. The van der Waals surface area contributed by atoms with Gasteiger partial charge in [-0.3, -0.25) is 9.89 Å². The Balaban J connectivity index is 1.91. The summed E-state index contributed by atoms with van der Waals surface area (Å²) in [7, 11) is 0. The zero-order chi connectivity index (χ0) is 10.5. The van der Waals surface area contributed by atoms with Crippen LogP contribution in [0, 0.1) is 0 Å². The van der Waals surface area contributed by atoms with Crippen LogP contribution in [0.4, 0.5) is 0 Å². The van der Waals surface area contributed by atoms with Gasteiger partial charge in [0.2, 0.25) is 0 Å². The molecule has 0 amide bonds. The summed E-state index contributed by atoms with van der Waals surface area (Å²) >= 11 is 0. The van der Waals surface area contributed by atoms with Crippen molar-refractivity contribution < 1.29 is 0 Å². The van der Waals surface area contributed by atoms with Crippen molar-refractivity contribution >= 4 is 5.96 Å². The van der Waals surface area contributed by atoms with Crippen molar-refractivity contribution in [3.8, 4) is 0 Å². The first-order valence-corrected chi connectivity index (χ1v) is 6.09. The van der Waals surface area contributed by atoms with Crippen molar-refractivity contribution in [2.24, 2.45) is 10.7 Å². The largest absolute Gasteiger partial charge is 0.370 e. The highest BCUT2D eigenvalue weighted by atomic mass is 15.4. The monoisotopic (exact) mass is 208 g/mol. The van der Waals surface area contributed by atoms with Crippen LogP contribution in [0.2, 0.25) is 0 Å². The van der Waals surface area contributed by atoms with Crippen molar-refractivity contribution in [3.63, 3.8) is 0 Å². The Bertz CT molecular complexity index is 301. The van der Waals surface area contributed by atoms with E-state index in [-0.39, 0.29) is 5.54 Å². The molecule has 15 heavy (non-hydrogen) atoms. The van der Waals surface area contributed by atoms with Gasteiger partial charge < -0.3 is 10.6 Å². The summed E-state index contributed by atoms with van der Waals surface area (Å²) < 4.78 is 0. The number of nitrogens with two attached hydrogens (primary N) is 1. The molecule has 3 aliphatic heterocycles. The second kappa shape index (κ2) is 3.11. The standard InChI is InChI=1S/C11H20N4/c1-2-15-10(12)13-8-11(15)5-7-14-6-3-4-9(11)14/h9H,2-8H2,1H3,(H2,12,13). The number of hydrogen-bond acceptors (Lipinski definition) is 4. The van der Waals surface area contributed by atoms with Gasteiger partial charge in [0, 0.05) is 19.1 Å². The van der Waals surface area contributed by atoms with Crippen LogP contribution in [0.15, 0.2) is 4.99 Å². The maximum absolute atomic E-state index is 5.98. The van der Waals surface area contributed by atoms with Crippen LogP contribution in [-0.2, 0) is 0 Å². The number of hydrogen-bond donors (Lipinski definition) is 1. The topological polar surface area (TPSA) is 44.9 Å². The molecule has 2 atom stereocenters. The summed E-state index contributed by atoms with van der Waals surface area (Å²) in [6.07, 6.45) is 3.93. The third-order valence-corrected chi connectivity index (χ3v) is 4.46. The molecule has 2 N–H and O–H groups in total. The summed E-state index contributed by atoms with van der Waals surface area (Å²) in [5.41, 5.74) is 6.24. The molecule has 0 saturated carbocycles. The number of likely N-dealkylation sites (N-methyl/N-ethyl adjacent to an activating group) is 1. The smallest absolute Gasteiger partial charge is 0.191 e. The quantitative estimate of drug-likeness (QED) is 0.671. The van der Waals surface area contributed by atoms with E-state index in [9.17, 15) is 0 Å². The normalized spacial score (nSPS) is 40.2. The fraction of sp³-hybridized carbons (Fsp3) is 0.909. The van der Waals surface area contributed by atoms with E-state index in [4.69, 9.17) is 5.73 Å². The maximum atomic E-state index is 5.98. The highest BCUT2D eigenvalue weighted by Crippen LogP contribution is 2.42. The van der Waals surface area contributed by atoms with Gasteiger partial charge in [-0.05, 0) is 32.7 Å². The molecule has 4 nitrogen and oxygen atoms in total. The van der Waals surface area contributed by atoms with E-state index in [0.29, 0.717) is 6.04 Å². The van der Waals surface area contributed by atoms with Gasteiger partial charge in [-0.2, -0.15) is 0 Å². The summed E-state index contributed by atoms with van der Waals surface area (Å²) in [4.78, 5) is 9.46. The van der Waals surface area contributed by atoms with Crippen LogP contribution in [0.1, 0.15) is 26.2 Å². The van der Waals surface area contributed by atoms with Crippen molar-refractivity contribution in [1.82, 2.24) is 9.80 Å². The number of guanidine groups is 1. The summed E-state index contributed by atoms with van der Waals surface area (Å²) in [6.45, 7) is 6.63. The van der Waals surface area contributed by atoms with E-state index in [0.717, 1.165) is 19.0 Å². The van der Waals surface area contributed by atoms with Crippen LogP contribution >= 0.6 is 0 Å². The highest BCUT2D eigenvalue weighted by Gasteiger charge is 2.54. The van der Waals surface area contributed by atoms with Crippen molar-refractivity contribution in [2.45, 2.75) is 37.8 Å². The first kappa shape index (κ1) is 9.46. The Hall–Kier alpha value is -0.770. The van der Waals surface area contributed by atoms with E-state index in [1.165, 1.54) is 32.4 Å². The minimum Gasteiger partial charge on any atom is -0.370 e. The molecule has 0 aromatic heterocycles. The molecule has 1 spiro atoms. The van der Waals surface area contributed by atoms with Crippen molar-refractivity contribution in [1.29, 1.82) is 0 Å². The van der Waals surface area contributed by atoms with Gasteiger partial charge in [-0.15, -0.1) is 0 Å². The van der Waals surface area contributed by atoms with E-state index >= 15 is 0 Å². The molecule has 0 radical (unpaired) electrons. The molecule has 0 aromatic carbocycles. The second-order valence-corrected chi connectivity index (χ2v) is 4.97. The number of fused-ring (bicyclic) bond motifs is 2. The molecule has 3 heterocycles.